The molecule has 0 radical (unpaired) electrons. The van der Waals surface area contributed by atoms with Crippen molar-refractivity contribution < 1.29 is 19.1 Å². The van der Waals surface area contributed by atoms with Gasteiger partial charge >= 0.3 is 6.09 Å². The van der Waals surface area contributed by atoms with Gasteiger partial charge in [-0.15, -0.1) is 0 Å². The van der Waals surface area contributed by atoms with Crippen LogP contribution in [-0.4, -0.2) is 78.5 Å². The third-order valence-electron chi connectivity index (χ3n) is 7.69. The Hall–Kier alpha value is -3.86. The molecular formula is C28H37N7O4. The van der Waals surface area contributed by atoms with Crippen LogP contribution in [0.4, 0.5) is 10.6 Å². The molecule has 11 nitrogen and oxygen atoms in total. The molecule has 1 aromatic carbocycles. The maximum absolute atomic E-state index is 13.0. The number of carbonyl (C=O) groups excluding carboxylic acids is 2. The molecule has 39 heavy (non-hydrogen) atoms. The molecule has 2 fully saturated rings. The van der Waals surface area contributed by atoms with E-state index in [0.717, 1.165) is 37.8 Å². The summed E-state index contributed by atoms with van der Waals surface area (Å²) in [5, 5.41) is 9.08. The van der Waals surface area contributed by atoms with Crippen LogP contribution in [0.25, 0.3) is 0 Å². The van der Waals surface area contributed by atoms with Gasteiger partial charge in [0, 0.05) is 63.2 Å². The molecule has 0 bridgehead atoms. The van der Waals surface area contributed by atoms with E-state index in [-0.39, 0.29) is 23.7 Å². The quantitative estimate of drug-likeness (QED) is 0.490. The second kappa shape index (κ2) is 11.9. The van der Waals surface area contributed by atoms with Crippen molar-refractivity contribution in [2.75, 3.05) is 39.0 Å². The molecule has 2 aliphatic heterocycles. The fraction of sp³-hybridized carbons (Fsp3) is 0.500. The number of benzene rings is 1. The zero-order valence-corrected chi connectivity index (χ0v) is 22.3. The summed E-state index contributed by atoms with van der Waals surface area (Å²) in [5.74, 6) is 1.51. The predicted molar refractivity (Wildman–Crippen MR) is 148 cm³/mol. The number of ether oxygens (including phenoxy) is 2. The first kappa shape index (κ1) is 26.7. The normalized spacial score (nSPS) is 24.6. The summed E-state index contributed by atoms with van der Waals surface area (Å²) in [5.41, 5.74) is 13.2. The monoisotopic (exact) mass is 535 g/mol. The lowest BCUT2D eigenvalue weighted by Gasteiger charge is -2.26. The van der Waals surface area contributed by atoms with Gasteiger partial charge in [-0.3, -0.25) is 9.80 Å². The van der Waals surface area contributed by atoms with Crippen molar-refractivity contribution in [1.82, 2.24) is 20.2 Å². The van der Waals surface area contributed by atoms with Gasteiger partial charge in [0.25, 0.3) is 5.91 Å². The van der Waals surface area contributed by atoms with Crippen molar-refractivity contribution in [2.24, 2.45) is 16.8 Å². The third kappa shape index (κ3) is 6.78. The van der Waals surface area contributed by atoms with Crippen LogP contribution in [0.5, 0.6) is 11.5 Å². The molecule has 5 N–H and O–H groups in total. The molecule has 3 aliphatic rings. The van der Waals surface area contributed by atoms with Crippen molar-refractivity contribution in [1.29, 1.82) is 0 Å². The first-order chi connectivity index (χ1) is 18.8. The topological polar surface area (TPSA) is 148 Å². The van der Waals surface area contributed by atoms with E-state index in [1.807, 2.05) is 30.4 Å². The maximum Gasteiger partial charge on any atom is 0.415 e. The van der Waals surface area contributed by atoms with E-state index in [4.69, 9.17) is 20.9 Å². The number of nitrogens with two attached hydrogens (primary N) is 2. The molecule has 1 aromatic heterocycles. The Morgan fingerprint density at radius 1 is 1.10 bits per heavy atom. The van der Waals surface area contributed by atoms with Crippen LogP contribution < -0.4 is 26.3 Å². The summed E-state index contributed by atoms with van der Waals surface area (Å²) >= 11 is 0. The highest BCUT2D eigenvalue weighted by Crippen LogP contribution is 2.26. The summed E-state index contributed by atoms with van der Waals surface area (Å²) in [6.07, 6.45) is 7.89. The number of likely N-dealkylation sites (tertiary alicyclic amines) is 1. The summed E-state index contributed by atoms with van der Waals surface area (Å²) < 4.78 is 11.6. The summed E-state index contributed by atoms with van der Waals surface area (Å²) in [4.78, 5) is 31.7. The van der Waals surface area contributed by atoms with Gasteiger partial charge in [-0.2, -0.15) is 5.10 Å². The van der Waals surface area contributed by atoms with Crippen molar-refractivity contribution in [3.05, 3.63) is 47.7 Å². The largest absolute Gasteiger partial charge is 0.493 e. The number of amides is 2. The highest BCUT2D eigenvalue weighted by atomic mass is 16.6. The molecule has 208 valence electrons. The predicted octanol–water partition coefficient (Wildman–Crippen LogP) is 2.58. The number of likely N-dealkylation sites (N-methyl/N-ethyl adjacent to an activating group) is 1. The molecule has 2 amide bonds. The number of rotatable bonds is 7. The highest BCUT2D eigenvalue weighted by molar-refractivity contribution is 5.99. The molecule has 1 saturated carbocycles. The van der Waals surface area contributed by atoms with Gasteiger partial charge in [-0.1, -0.05) is 6.07 Å². The number of nitrogens with one attached hydrogen (secondary N) is 1. The Balaban J connectivity index is 1.11. The Bertz CT molecular complexity index is 1210. The second-order valence-corrected chi connectivity index (χ2v) is 10.8. The number of carbonyl (C=O) groups is 2. The molecular weight excluding hydrogens is 498 g/mol. The van der Waals surface area contributed by atoms with Crippen molar-refractivity contribution in [3.8, 4) is 11.5 Å². The smallest absolute Gasteiger partial charge is 0.415 e. The van der Waals surface area contributed by atoms with Crippen LogP contribution in [0.3, 0.4) is 0 Å². The van der Waals surface area contributed by atoms with Crippen LogP contribution in [0.1, 0.15) is 53.9 Å². The zero-order chi connectivity index (χ0) is 27.4. The standard InChI is InChI=1S/C28H37N7O4/c1-34-15-20(14-32-34)19-11-25(26(30)31-13-19)27(36)33-22-9-10-35(16-22)28(37)39-24-4-2-3-23(12-24)38-17-18-5-7-21(29)8-6-18/h2-4,11-14,18,20-22H,5-10,15-17,29H2,1H3,(H2,30,31)(H,33,36)/t18?,20?,21?,22-/m1/s1. The van der Waals surface area contributed by atoms with Crippen molar-refractivity contribution >= 4 is 24.0 Å². The first-order valence-electron chi connectivity index (χ1n) is 13.6. The minimum absolute atomic E-state index is 0.0569. The number of anilines is 1. The minimum Gasteiger partial charge on any atom is -0.493 e. The van der Waals surface area contributed by atoms with Crippen molar-refractivity contribution in [2.45, 2.75) is 50.1 Å². The highest BCUT2D eigenvalue weighted by Gasteiger charge is 2.30. The number of aromatic nitrogens is 1. The lowest BCUT2D eigenvalue weighted by atomic mass is 9.87. The number of nitrogens with zero attached hydrogens (tertiary/aromatic N) is 4. The maximum atomic E-state index is 13.0. The Morgan fingerprint density at radius 2 is 1.90 bits per heavy atom. The summed E-state index contributed by atoms with van der Waals surface area (Å²) in [6.45, 7) is 2.17. The lowest BCUT2D eigenvalue weighted by molar-refractivity contribution is 0.0936. The molecule has 5 rings (SSSR count). The third-order valence-corrected chi connectivity index (χ3v) is 7.69. The molecule has 11 heteroatoms. The number of hydrazone groups is 1. The average Bonchev–Trinajstić information content (AvgIpc) is 3.58. The number of hydrogen-bond acceptors (Lipinski definition) is 9. The SMILES string of the molecule is CN1CC(c2cnc(N)c(C(=O)N[C@@H]3CCN(C(=O)Oc4cccc(OCC5CCC(N)CC5)c4)C3)c2)C=N1. The number of hydrogen-bond donors (Lipinski definition) is 3. The van der Waals surface area contributed by atoms with Gasteiger partial charge in [0.05, 0.1) is 12.2 Å². The van der Waals surface area contributed by atoms with E-state index in [1.54, 1.807) is 29.3 Å². The minimum atomic E-state index is -0.460. The first-order valence-corrected chi connectivity index (χ1v) is 13.6. The lowest BCUT2D eigenvalue weighted by Crippen LogP contribution is -2.39. The molecule has 1 unspecified atom stereocenters. The Kier molecular flexibility index (Phi) is 8.16. The summed E-state index contributed by atoms with van der Waals surface area (Å²) in [6, 6.07) is 9.00. The Labute approximate surface area is 228 Å². The van der Waals surface area contributed by atoms with E-state index in [0.29, 0.717) is 55.1 Å². The number of pyridine rings is 1. The fourth-order valence-electron chi connectivity index (χ4n) is 5.31. The van der Waals surface area contributed by atoms with Crippen molar-refractivity contribution in [3.63, 3.8) is 0 Å². The van der Waals surface area contributed by atoms with Gasteiger partial charge in [-0.25, -0.2) is 9.78 Å². The van der Waals surface area contributed by atoms with E-state index in [1.165, 1.54) is 0 Å². The van der Waals surface area contributed by atoms with Crippen LogP contribution in [0, 0.1) is 5.92 Å². The van der Waals surface area contributed by atoms with E-state index < -0.39 is 6.09 Å². The molecule has 1 saturated heterocycles. The van der Waals surface area contributed by atoms with Gasteiger partial charge in [0.2, 0.25) is 0 Å². The van der Waals surface area contributed by atoms with Gasteiger partial charge in [-0.05, 0) is 61.8 Å². The summed E-state index contributed by atoms with van der Waals surface area (Å²) in [7, 11) is 1.89. The van der Waals surface area contributed by atoms with Crippen LogP contribution in [-0.2, 0) is 0 Å². The second-order valence-electron chi connectivity index (χ2n) is 10.8. The van der Waals surface area contributed by atoms with Gasteiger partial charge in [0.15, 0.2) is 0 Å². The molecule has 1 aliphatic carbocycles. The van der Waals surface area contributed by atoms with E-state index in [2.05, 4.69) is 15.4 Å². The Morgan fingerprint density at radius 3 is 2.67 bits per heavy atom. The van der Waals surface area contributed by atoms with Crippen LogP contribution >= 0.6 is 0 Å². The van der Waals surface area contributed by atoms with E-state index >= 15 is 0 Å². The van der Waals surface area contributed by atoms with Crippen LogP contribution in [0.15, 0.2) is 41.6 Å². The number of nitrogen functional groups attached to an aromatic ring is 1. The fourth-order valence-corrected chi connectivity index (χ4v) is 5.31. The molecule has 3 heterocycles. The molecule has 2 aromatic rings. The molecule has 2 atom stereocenters. The van der Waals surface area contributed by atoms with Crippen LogP contribution in [0.2, 0.25) is 0 Å². The zero-order valence-electron chi connectivity index (χ0n) is 22.3. The molecule has 0 spiro atoms. The van der Waals surface area contributed by atoms with Gasteiger partial charge < -0.3 is 31.2 Å². The average molecular weight is 536 g/mol. The van der Waals surface area contributed by atoms with Gasteiger partial charge in [0.1, 0.15) is 17.3 Å². The van der Waals surface area contributed by atoms with E-state index in [9.17, 15) is 9.59 Å².